The number of pyridine rings is 1. The van der Waals surface area contributed by atoms with Crippen molar-refractivity contribution in [2.24, 2.45) is 0 Å². The van der Waals surface area contributed by atoms with E-state index >= 15 is 0 Å². The molecule has 0 fully saturated rings. The number of halogens is 1. The maximum absolute atomic E-state index is 12.9. The minimum atomic E-state index is -3.77. The summed E-state index contributed by atoms with van der Waals surface area (Å²) in [5.74, 6) is 0.686. The number of fused-ring (bicyclic) bond motifs is 1. The van der Waals surface area contributed by atoms with E-state index in [0.29, 0.717) is 11.3 Å². The molecule has 0 saturated carbocycles. The van der Waals surface area contributed by atoms with Gasteiger partial charge in [-0.05, 0) is 30.3 Å². The molecular weight excluding hydrogens is 376 g/mol. The van der Waals surface area contributed by atoms with Crippen LogP contribution < -0.4 is 4.74 Å². The normalized spacial score (nSPS) is 11.6. The molecule has 0 radical (unpaired) electrons. The molecule has 9 heteroatoms. The Bertz CT molecular complexity index is 1190. The molecule has 0 saturated heterocycles. The molecule has 0 aliphatic rings. The molecule has 0 aliphatic carbocycles. The van der Waals surface area contributed by atoms with Crippen LogP contribution in [-0.4, -0.2) is 27.3 Å². The van der Waals surface area contributed by atoms with E-state index in [1.807, 2.05) is 0 Å². The van der Waals surface area contributed by atoms with E-state index in [9.17, 15) is 8.42 Å². The summed E-state index contributed by atoms with van der Waals surface area (Å²) >= 11 is 5.82. The molecule has 26 heavy (non-hydrogen) atoms. The van der Waals surface area contributed by atoms with Crippen molar-refractivity contribution in [3.8, 4) is 11.6 Å². The van der Waals surface area contributed by atoms with Crippen LogP contribution in [0.5, 0.6) is 11.6 Å². The largest absolute Gasteiger partial charge is 0.439 e. The van der Waals surface area contributed by atoms with E-state index in [0.717, 1.165) is 5.39 Å². The number of aromatic nitrogens is 4. The van der Waals surface area contributed by atoms with Gasteiger partial charge in [0.2, 0.25) is 5.88 Å². The maximum Gasteiger partial charge on any atom is 0.269 e. The molecular formula is C17H11ClN4O3S. The van der Waals surface area contributed by atoms with Crippen molar-refractivity contribution < 1.29 is 13.2 Å². The van der Waals surface area contributed by atoms with Gasteiger partial charge in [-0.15, -0.1) is 0 Å². The standard InChI is InChI=1S/C17H11ClN4O3S/c18-16-9-17(21-11-20-16)25-13-4-3-12-5-7-22(15(12)8-13)26(23,24)14-2-1-6-19-10-14/h1-11H. The minimum absolute atomic E-state index is 0.103. The highest BCUT2D eigenvalue weighted by atomic mass is 35.5. The van der Waals surface area contributed by atoms with Crippen LogP contribution in [0.25, 0.3) is 10.9 Å². The summed E-state index contributed by atoms with van der Waals surface area (Å²) in [5.41, 5.74) is 0.478. The van der Waals surface area contributed by atoms with Gasteiger partial charge in [0.15, 0.2) is 0 Å². The van der Waals surface area contributed by atoms with Gasteiger partial charge in [-0.1, -0.05) is 11.6 Å². The molecule has 7 nitrogen and oxygen atoms in total. The van der Waals surface area contributed by atoms with Crippen LogP contribution >= 0.6 is 11.6 Å². The smallest absolute Gasteiger partial charge is 0.269 e. The molecule has 130 valence electrons. The number of hydrogen-bond donors (Lipinski definition) is 0. The van der Waals surface area contributed by atoms with E-state index < -0.39 is 10.0 Å². The van der Waals surface area contributed by atoms with Gasteiger partial charge in [0, 0.05) is 36.1 Å². The molecule has 0 unspecified atom stereocenters. The molecule has 4 aromatic rings. The first-order valence-electron chi connectivity index (χ1n) is 7.46. The number of benzene rings is 1. The summed E-state index contributed by atoms with van der Waals surface area (Å²) in [7, 11) is -3.77. The SMILES string of the molecule is O=S(=O)(c1cccnc1)n1ccc2ccc(Oc3cc(Cl)ncn3)cc21. The predicted molar refractivity (Wildman–Crippen MR) is 95.9 cm³/mol. The Morgan fingerprint density at radius 3 is 2.73 bits per heavy atom. The van der Waals surface area contributed by atoms with E-state index in [4.69, 9.17) is 16.3 Å². The van der Waals surface area contributed by atoms with Crippen LogP contribution in [-0.2, 0) is 10.0 Å². The van der Waals surface area contributed by atoms with Crippen molar-refractivity contribution in [1.29, 1.82) is 0 Å². The van der Waals surface area contributed by atoms with Gasteiger partial charge in [0.05, 0.1) is 5.52 Å². The highest BCUT2D eigenvalue weighted by molar-refractivity contribution is 7.90. The van der Waals surface area contributed by atoms with Gasteiger partial charge in [-0.25, -0.2) is 22.4 Å². The summed E-state index contributed by atoms with van der Waals surface area (Å²) in [6.45, 7) is 0. The van der Waals surface area contributed by atoms with E-state index in [2.05, 4.69) is 15.0 Å². The third-order valence-electron chi connectivity index (χ3n) is 3.65. The lowest BCUT2D eigenvalue weighted by molar-refractivity contribution is 0.462. The second-order valence-corrected chi connectivity index (χ2v) is 7.51. The fourth-order valence-corrected chi connectivity index (χ4v) is 3.91. The fourth-order valence-electron chi connectivity index (χ4n) is 2.46. The van der Waals surface area contributed by atoms with Crippen LogP contribution in [0.1, 0.15) is 0 Å². The van der Waals surface area contributed by atoms with Crippen molar-refractivity contribution in [1.82, 2.24) is 18.9 Å². The topological polar surface area (TPSA) is 87.0 Å². The molecule has 0 spiro atoms. The summed E-state index contributed by atoms with van der Waals surface area (Å²) in [6.07, 6.45) is 5.61. The van der Waals surface area contributed by atoms with E-state index in [-0.39, 0.29) is 15.9 Å². The molecule has 0 N–H and O–H groups in total. The average Bonchev–Trinajstić information content (AvgIpc) is 3.06. The van der Waals surface area contributed by atoms with E-state index in [1.54, 1.807) is 30.3 Å². The van der Waals surface area contributed by atoms with Crippen molar-refractivity contribution in [2.75, 3.05) is 0 Å². The molecule has 0 amide bonds. The van der Waals surface area contributed by atoms with Gasteiger partial charge in [0.25, 0.3) is 10.0 Å². The summed E-state index contributed by atoms with van der Waals surface area (Å²) < 4.78 is 32.6. The lowest BCUT2D eigenvalue weighted by atomic mass is 10.2. The van der Waals surface area contributed by atoms with Crippen molar-refractivity contribution in [2.45, 2.75) is 4.90 Å². The Balaban J connectivity index is 1.78. The summed E-state index contributed by atoms with van der Waals surface area (Å²) in [4.78, 5) is 11.7. The van der Waals surface area contributed by atoms with Gasteiger partial charge >= 0.3 is 0 Å². The second kappa shape index (κ2) is 6.40. The van der Waals surface area contributed by atoms with Gasteiger partial charge in [-0.2, -0.15) is 0 Å². The first kappa shape index (κ1) is 16.5. The van der Waals surface area contributed by atoms with Crippen LogP contribution in [0.15, 0.2) is 72.3 Å². The van der Waals surface area contributed by atoms with Crippen LogP contribution in [0.3, 0.4) is 0 Å². The third kappa shape index (κ3) is 3.00. The Labute approximate surface area is 153 Å². The first-order chi connectivity index (χ1) is 12.5. The lowest BCUT2D eigenvalue weighted by Gasteiger charge is -2.09. The third-order valence-corrected chi connectivity index (χ3v) is 5.53. The number of rotatable bonds is 4. The lowest BCUT2D eigenvalue weighted by Crippen LogP contribution is -2.11. The molecule has 3 aromatic heterocycles. The highest BCUT2D eigenvalue weighted by Crippen LogP contribution is 2.28. The predicted octanol–water partition coefficient (Wildman–Crippen LogP) is 3.51. The summed E-state index contributed by atoms with van der Waals surface area (Å²) in [5, 5.41) is 1.00. The van der Waals surface area contributed by atoms with Crippen LogP contribution in [0.2, 0.25) is 5.15 Å². The molecule has 1 aromatic carbocycles. The minimum Gasteiger partial charge on any atom is -0.439 e. The molecule has 0 aliphatic heterocycles. The zero-order chi connectivity index (χ0) is 18.1. The molecule has 0 bridgehead atoms. The molecule has 4 rings (SSSR count). The highest BCUT2D eigenvalue weighted by Gasteiger charge is 2.19. The van der Waals surface area contributed by atoms with Crippen LogP contribution in [0, 0.1) is 0 Å². The van der Waals surface area contributed by atoms with Crippen molar-refractivity contribution in [3.05, 3.63) is 72.5 Å². The Hall–Kier alpha value is -2.97. The zero-order valence-electron chi connectivity index (χ0n) is 13.2. The zero-order valence-corrected chi connectivity index (χ0v) is 14.7. The Kier molecular flexibility index (Phi) is 4.06. The Morgan fingerprint density at radius 2 is 1.96 bits per heavy atom. The second-order valence-electron chi connectivity index (χ2n) is 5.31. The van der Waals surface area contributed by atoms with Crippen molar-refractivity contribution in [3.63, 3.8) is 0 Å². The Morgan fingerprint density at radius 1 is 1.08 bits per heavy atom. The van der Waals surface area contributed by atoms with Crippen LogP contribution in [0.4, 0.5) is 0 Å². The van der Waals surface area contributed by atoms with E-state index in [1.165, 1.54) is 41.0 Å². The quantitative estimate of drug-likeness (QED) is 0.499. The average molecular weight is 387 g/mol. The summed E-state index contributed by atoms with van der Waals surface area (Å²) in [6, 6.07) is 11.4. The van der Waals surface area contributed by atoms with Crippen molar-refractivity contribution >= 4 is 32.5 Å². The number of ether oxygens (including phenoxy) is 1. The maximum atomic E-state index is 12.9. The first-order valence-corrected chi connectivity index (χ1v) is 9.28. The molecule has 0 atom stereocenters. The molecule has 3 heterocycles. The van der Waals surface area contributed by atoms with Gasteiger partial charge in [0.1, 0.15) is 22.1 Å². The number of nitrogens with zero attached hydrogens (tertiary/aromatic N) is 4. The monoisotopic (exact) mass is 386 g/mol. The van der Waals surface area contributed by atoms with Gasteiger partial charge in [-0.3, -0.25) is 4.98 Å². The van der Waals surface area contributed by atoms with Gasteiger partial charge < -0.3 is 4.74 Å². The fraction of sp³-hybridized carbons (Fsp3) is 0. The number of hydrogen-bond acceptors (Lipinski definition) is 6.